The smallest absolute Gasteiger partial charge is 0.125 e. The monoisotopic (exact) mass is 246 g/mol. The zero-order valence-corrected chi connectivity index (χ0v) is 11.6. The van der Waals surface area contributed by atoms with Gasteiger partial charge in [-0.25, -0.2) is 0 Å². The van der Waals surface area contributed by atoms with Gasteiger partial charge in [-0.05, 0) is 44.0 Å². The van der Waals surface area contributed by atoms with Gasteiger partial charge in [0.25, 0.3) is 0 Å². The summed E-state index contributed by atoms with van der Waals surface area (Å²) in [6.07, 6.45) is 0.962. The summed E-state index contributed by atoms with van der Waals surface area (Å²) >= 11 is 1.86. The van der Waals surface area contributed by atoms with Crippen LogP contribution in [0.3, 0.4) is 0 Å². The van der Waals surface area contributed by atoms with E-state index in [1.54, 1.807) is 7.11 Å². The van der Waals surface area contributed by atoms with Crippen molar-refractivity contribution in [1.29, 1.82) is 0 Å². The van der Waals surface area contributed by atoms with Gasteiger partial charge in [0.1, 0.15) is 5.75 Å². The Bertz CT molecular complexity index is 526. The summed E-state index contributed by atoms with van der Waals surface area (Å²) in [5.41, 5.74) is 3.80. The van der Waals surface area contributed by atoms with Crippen LogP contribution >= 0.6 is 11.3 Å². The molecule has 1 nitrogen and oxygen atoms in total. The quantitative estimate of drug-likeness (QED) is 0.785. The van der Waals surface area contributed by atoms with Gasteiger partial charge in [-0.1, -0.05) is 17.7 Å². The number of rotatable bonds is 3. The molecule has 0 spiro atoms. The molecule has 1 aromatic heterocycles. The highest BCUT2D eigenvalue weighted by Crippen LogP contribution is 2.29. The standard InChI is InChI=1S/C15H18OS/c1-10-7-11(2)15(16-4)13(8-10)9-14-6-5-12(3)17-14/h5-8H,9H2,1-4H3. The average Bonchev–Trinajstić information content (AvgIpc) is 2.63. The third-order valence-electron chi connectivity index (χ3n) is 2.86. The lowest BCUT2D eigenvalue weighted by molar-refractivity contribution is 0.407. The van der Waals surface area contributed by atoms with Gasteiger partial charge in [-0.2, -0.15) is 0 Å². The third kappa shape index (κ3) is 2.70. The maximum absolute atomic E-state index is 5.51. The molecule has 0 unspecified atom stereocenters. The minimum absolute atomic E-state index is 0.962. The van der Waals surface area contributed by atoms with Crippen molar-refractivity contribution in [2.45, 2.75) is 27.2 Å². The minimum atomic E-state index is 0.962. The van der Waals surface area contributed by atoms with Gasteiger partial charge in [0, 0.05) is 16.2 Å². The van der Waals surface area contributed by atoms with Crippen LogP contribution < -0.4 is 4.74 Å². The molecule has 0 aliphatic carbocycles. The number of thiophene rings is 1. The fourth-order valence-corrected chi connectivity index (χ4v) is 3.15. The topological polar surface area (TPSA) is 9.23 Å². The van der Waals surface area contributed by atoms with E-state index < -0.39 is 0 Å². The number of benzene rings is 1. The van der Waals surface area contributed by atoms with Crippen molar-refractivity contribution >= 4 is 11.3 Å². The first-order chi connectivity index (χ1) is 8.10. The van der Waals surface area contributed by atoms with E-state index in [0.29, 0.717) is 0 Å². The molecule has 0 radical (unpaired) electrons. The largest absolute Gasteiger partial charge is 0.496 e. The molecule has 0 bridgehead atoms. The van der Waals surface area contributed by atoms with Crippen LogP contribution in [-0.2, 0) is 6.42 Å². The van der Waals surface area contributed by atoms with Crippen LogP contribution in [0.5, 0.6) is 5.75 Å². The molecule has 0 saturated heterocycles. The van der Waals surface area contributed by atoms with E-state index in [0.717, 1.165) is 12.2 Å². The summed E-state index contributed by atoms with van der Waals surface area (Å²) in [5, 5.41) is 0. The number of ether oxygens (including phenoxy) is 1. The van der Waals surface area contributed by atoms with Crippen molar-refractivity contribution in [3.05, 3.63) is 50.7 Å². The predicted molar refractivity (Wildman–Crippen MR) is 74.3 cm³/mol. The molecule has 1 aromatic carbocycles. The van der Waals surface area contributed by atoms with Crippen LogP contribution in [0.25, 0.3) is 0 Å². The van der Waals surface area contributed by atoms with E-state index >= 15 is 0 Å². The first kappa shape index (κ1) is 12.2. The Hall–Kier alpha value is -1.28. The Morgan fingerprint density at radius 2 is 1.88 bits per heavy atom. The molecule has 0 aliphatic rings. The molecular formula is C15H18OS. The van der Waals surface area contributed by atoms with Crippen LogP contribution in [0.15, 0.2) is 24.3 Å². The molecule has 1 heterocycles. The maximum Gasteiger partial charge on any atom is 0.125 e. The molecule has 2 aromatic rings. The van der Waals surface area contributed by atoms with Crippen molar-refractivity contribution in [2.75, 3.05) is 7.11 Å². The van der Waals surface area contributed by atoms with E-state index in [1.807, 2.05) is 11.3 Å². The molecule has 17 heavy (non-hydrogen) atoms. The Kier molecular flexibility index (Phi) is 3.53. The molecule has 0 amide bonds. The Labute approximate surface area is 107 Å². The molecule has 0 fully saturated rings. The summed E-state index contributed by atoms with van der Waals surface area (Å²) < 4.78 is 5.51. The van der Waals surface area contributed by atoms with Crippen LogP contribution in [0.4, 0.5) is 0 Å². The summed E-state index contributed by atoms with van der Waals surface area (Å²) in [6.45, 7) is 6.39. The highest BCUT2D eigenvalue weighted by molar-refractivity contribution is 7.11. The number of hydrogen-bond donors (Lipinski definition) is 0. The highest BCUT2D eigenvalue weighted by Gasteiger charge is 2.09. The predicted octanol–water partition coefficient (Wildman–Crippen LogP) is 4.27. The van der Waals surface area contributed by atoms with Crippen molar-refractivity contribution in [2.24, 2.45) is 0 Å². The van der Waals surface area contributed by atoms with Crippen molar-refractivity contribution in [1.82, 2.24) is 0 Å². The van der Waals surface area contributed by atoms with E-state index in [4.69, 9.17) is 4.74 Å². The minimum Gasteiger partial charge on any atom is -0.496 e. The van der Waals surface area contributed by atoms with E-state index in [-0.39, 0.29) is 0 Å². The summed E-state index contributed by atoms with van der Waals surface area (Å²) in [6, 6.07) is 8.77. The number of hydrogen-bond acceptors (Lipinski definition) is 2. The van der Waals surface area contributed by atoms with Crippen molar-refractivity contribution < 1.29 is 4.74 Å². The Morgan fingerprint density at radius 3 is 2.47 bits per heavy atom. The maximum atomic E-state index is 5.51. The lowest BCUT2D eigenvalue weighted by atomic mass is 10.0. The first-order valence-electron chi connectivity index (χ1n) is 5.79. The van der Waals surface area contributed by atoms with Crippen molar-refractivity contribution in [3.8, 4) is 5.75 Å². The SMILES string of the molecule is COc1c(C)cc(C)cc1Cc1ccc(C)s1. The van der Waals surface area contributed by atoms with Gasteiger partial charge in [-0.3, -0.25) is 0 Å². The summed E-state index contributed by atoms with van der Waals surface area (Å²) in [4.78, 5) is 2.76. The fraction of sp³-hybridized carbons (Fsp3) is 0.333. The van der Waals surface area contributed by atoms with Gasteiger partial charge in [0.15, 0.2) is 0 Å². The zero-order chi connectivity index (χ0) is 12.4. The number of methoxy groups -OCH3 is 1. The van der Waals surface area contributed by atoms with Crippen LogP contribution in [0, 0.1) is 20.8 Å². The second-order valence-electron chi connectivity index (χ2n) is 4.46. The lowest BCUT2D eigenvalue weighted by Crippen LogP contribution is -1.96. The van der Waals surface area contributed by atoms with Gasteiger partial charge in [0.05, 0.1) is 7.11 Å². The normalized spacial score (nSPS) is 10.6. The van der Waals surface area contributed by atoms with Gasteiger partial charge in [-0.15, -0.1) is 11.3 Å². The molecular weight excluding hydrogens is 228 g/mol. The van der Waals surface area contributed by atoms with Gasteiger partial charge >= 0.3 is 0 Å². The molecule has 90 valence electrons. The van der Waals surface area contributed by atoms with E-state index in [1.165, 1.54) is 26.4 Å². The van der Waals surface area contributed by atoms with Gasteiger partial charge < -0.3 is 4.74 Å². The van der Waals surface area contributed by atoms with Gasteiger partial charge in [0.2, 0.25) is 0 Å². The lowest BCUT2D eigenvalue weighted by Gasteiger charge is -2.12. The molecule has 0 atom stereocenters. The third-order valence-corrected chi connectivity index (χ3v) is 3.86. The van der Waals surface area contributed by atoms with E-state index in [2.05, 4.69) is 45.0 Å². The fourth-order valence-electron chi connectivity index (χ4n) is 2.23. The second-order valence-corrected chi connectivity index (χ2v) is 5.84. The molecule has 0 saturated carbocycles. The zero-order valence-electron chi connectivity index (χ0n) is 10.8. The molecule has 2 heteroatoms. The molecule has 2 rings (SSSR count). The first-order valence-corrected chi connectivity index (χ1v) is 6.61. The second kappa shape index (κ2) is 4.92. The van der Waals surface area contributed by atoms with Crippen molar-refractivity contribution in [3.63, 3.8) is 0 Å². The van der Waals surface area contributed by atoms with E-state index in [9.17, 15) is 0 Å². The van der Waals surface area contributed by atoms with Crippen LogP contribution in [0.2, 0.25) is 0 Å². The number of aryl methyl sites for hydroxylation is 3. The molecule has 0 N–H and O–H groups in total. The Balaban J connectivity index is 2.37. The summed E-state index contributed by atoms with van der Waals surface area (Å²) in [7, 11) is 1.75. The van der Waals surface area contributed by atoms with Crippen LogP contribution in [-0.4, -0.2) is 7.11 Å². The molecule has 0 aliphatic heterocycles. The Morgan fingerprint density at radius 1 is 1.12 bits per heavy atom. The highest BCUT2D eigenvalue weighted by atomic mass is 32.1. The van der Waals surface area contributed by atoms with Crippen LogP contribution in [0.1, 0.15) is 26.4 Å². The summed E-state index contributed by atoms with van der Waals surface area (Å²) in [5.74, 6) is 1.03. The average molecular weight is 246 g/mol.